The molecule has 3 aliphatic carbocycles. The third kappa shape index (κ3) is 4.02. The Morgan fingerprint density at radius 1 is 0.340 bits per heavy atom. The molecule has 1 nitrogen and oxygen atoms in total. The SMILES string of the molecule is CC1(C)c2ccccc2-c2cc(-c3ccc(N(c4ccccc4)c4cccc5c4-c4ccccc4C54c5ccccc5-c5ccccc54)cc3)ccc21. The molecule has 0 radical (unpaired) electrons. The number of fused-ring (bicyclic) bond motifs is 13. The fourth-order valence-electron chi connectivity index (χ4n) is 10.0. The summed E-state index contributed by atoms with van der Waals surface area (Å²) in [6, 6.07) is 70.0. The van der Waals surface area contributed by atoms with Crippen molar-refractivity contribution < 1.29 is 0 Å². The molecule has 1 heteroatoms. The summed E-state index contributed by atoms with van der Waals surface area (Å²) in [4.78, 5) is 2.45. The molecule has 8 aromatic carbocycles. The summed E-state index contributed by atoms with van der Waals surface area (Å²) in [6.45, 7) is 4.68. The third-order valence-electron chi connectivity index (χ3n) is 12.3. The van der Waals surface area contributed by atoms with Crippen molar-refractivity contribution in [2.75, 3.05) is 4.90 Å². The molecule has 0 saturated carbocycles. The molecule has 0 atom stereocenters. The number of hydrogen-bond donors (Lipinski definition) is 0. The second-order valence-electron chi connectivity index (χ2n) is 15.2. The van der Waals surface area contributed by atoms with Gasteiger partial charge in [-0.3, -0.25) is 0 Å². The summed E-state index contributed by atoms with van der Waals surface area (Å²) in [5.74, 6) is 0. The number of anilines is 3. The van der Waals surface area contributed by atoms with E-state index in [9.17, 15) is 0 Å². The van der Waals surface area contributed by atoms with Gasteiger partial charge in [0.1, 0.15) is 0 Å². The standard InChI is InChI=1S/C52H37N/c1-51(2)43-21-10-6-19-40(43)42-33-35(29-32-44(42)51)34-27-30-37(31-28-34)53(36-15-4-3-5-16-36)49-26-14-25-48-50(49)41-20-9-13-24-47(41)52(48)45-22-11-7-17-38(45)39-18-8-12-23-46(39)52/h3-33H,1-2H3. The summed E-state index contributed by atoms with van der Waals surface area (Å²) in [5, 5.41) is 0. The Hall–Kier alpha value is -6.44. The van der Waals surface area contributed by atoms with Crippen LogP contribution in [-0.4, -0.2) is 0 Å². The molecule has 3 aliphatic rings. The first kappa shape index (κ1) is 30.2. The predicted octanol–water partition coefficient (Wildman–Crippen LogP) is 13.5. The molecule has 0 amide bonds. The first-order valence-electron chi connectivity index (χ1n) is 18.7. The molecule has 0 heterocycles. The van der Waals surface area contributed by atoms with Crippen molar-refractivity contribution >= 4 is 17.1 Å². The largest absolute Gasteiger partial charge is 0.310 e. The van der Waals surface area contributed by atoms with E-state index in [2.05, 4.69) is 207 Å². The van der Waals surface area contributed by atoms with Crippen LogP contribution in [0.3, 0.4) is 0 Å². The quantitative estimate of drug-likeness (QED) is 0.179. The number of rotatable bonds is 4. The highest BCUT2D eigenvalue weighted by molar-refractivity contribution is 6.01. The van der Waals surface area contributed by atoms with Crippen molar-refractivity contribution in [1.82, 2.24) is 0 Å². The van der Waals surface area contributed by atoms with E-state index in [0.717, 1.165) is 11.4 Å². The fraction of sp³-hybridized carbons (Fsp3) is 0.0769. The number of benzene rings is 8. The number of hydrogen-bond acceptors (Lipinski definition) is 1. The minimum Gasteiger partial charge on any atom is -0.310 e. The molecule has 0 unspecified atom stereocenters. The number of nitrogens with zero attached hydrogens (tertiary/aromatic N) is 1. The van der Waals surface area contributed by atoms with Crippen LogP contribution in [0, 0.1) is 0 Å². The third-order valence-corrected chi connectivity index (χ3v) is 12.3. The van der Waals surface area contributed by atoms with Crippen LogP contribution in [0.4, 0.5) is 17.1 Å². The van der Waals surface area contributed by atoms with Gasteiger partial charge in [0, 0.05) is 22.4 Å². The summed E-state index contributed by atoms with van der Waals surface area (Å²) in [6.07, 6.45) is 0. The van der Waals surface area contributed by atoms with Gasteiger partial charge in [-0.1, -0.05) is 166 Å². The molecule has 0 fully saturated rings. The highest BCUT2D eigenvalue weighted by Gasteiger charge is 2.52. The van der Waals surface area contributed by atoms with Crippen molar-refractivity contribution in [3.05, 3.63) is 221 Å². The lowest BCUT2D eigenvalue weighted by Gasteiger charge is -2.31. The van der Waals surface area contributed by atoms with Crippen LogP contribution in [0.25, 0.3) is 44.5 Å². The van der Waals surface area contributed by atoms with Crippen LogP contribution < -0.4 is 4.90 Å². The Labute approximate surface area is 311 Å². The van der Waals surface area contributed by atoms with E-state index in [1.54, 1.807) is 0 Å². The van der Waals surface area contributed by atoms with Crippen molar-refractivity contribution in [1.29, 1.82) is 0 Å². The summed E-state index contributed by atoms with van der Waals surface area (Å²) < 4.78 is 0. The van der Waals surface area contributed by atoms with E-state index in [1.165, 1.54) is 83.6 Å². The summed E-state index contributed by atoms with van der Waals surface area (Å²) in [5.41, 5.74) is 21.7. The van der Waals surface area contributed by atoms with Gasteiger partial charge in [0.25, 0.3) is 0 Å². The van der Waals surface area contributed by atoms with E-state index in [-0.39, 0.29) is 10.8 Å². The maximum Gasteiger partial charge on any atom is 0.0726 e. The monoisotopic (exact) mass is 675 g/mol. The van der Waals surface area contributed by atoms with Crippen LogP contribution in [0.5, 0.6) is 0 Å². The Balaban J connectivity index is 1.09. The van der Waals surface area contributed by atoms with E-state index in [4.69, 9.17) is 0 Å². The van der Waals surface area contributed by atoms with Gasteiger partial charge in [0.05, 0.1) is 11.1 Å². The molecule has 1 spiro atoms. The van der Waals surface area contributed by atoms with Gasteiger partial charge in [-0.15, -0.1) is 0 Å². The Morgan fingerprint density at radius 2 is 0.811 bits per heavy atom. The van der Waals surface area contributed by atoms with Crippen LogP contribution in [0.1, 0.15) is 47.2 Å². The highest BCUT2D eigenvalue weighted by Crippen LogP contribution is 2.64. The van der Waals surface area contributed by atoms with Crippen molar-refractivity contribution in [2.24, 2.45) is 0 Å². The molecule has 0 aliphatic heterocycles. The molecule has 0 aromatic heterocycles. The minimum absolute atomic E-state index is 0.000292. The molecule has 8 aromatic rings. The molecular formula is C52H37N. The van der Waals surface area contributed by atoms with Crippen LogP contribution in [0.15, 0.2) is 188 Å². The average molecular weight is 676 g/mol. The Morgan fingerprint density at radius 3 is 1.47 bits per heavy atom. The van der Waals surface area contributed by atoms with E-state index in [1.807, 2.05) is 0 Å². The van der Waals surface area contributed by atoms with Crippen LogP contribution >= 0.6 is 0 Å². The first-order valence-corrected chi connectivity index (χ1v) is 18.7. The number of para-hydroxylation sites is 1. The lowest BCUT2D eigenvalue weighted by atomic mass is 9.70. The molecule has 0 bridgehead atoms. The van der Waals surface area contributed by atoms with Gasteiger partial charge in [0.2, 0.25) is 0 Å². The van der Waals surface area contributed by atoms with Gasteiger partial charge in [0.15, 0.2) is 0 Å². The predicted molar refractivity (Wildman–Crippen MR) is 220 cm³/mol. The zero-order valence-electron chi connectivity index (χ0n) is 29.8. The normalized spacial score (nSPS) is 14.5. The van der Waals surface area contributed by atoms with E-state index < -0.39 is 0 Å². The van der Waals surface area contributed by atoms with E-state index >= 15 is 0 Å². The first-order chi connectivity index (χ1) is 26.1. The maximum atomic E-state index is 2.45. The molecular weight excluding hydrogens is 639 g/mol. The molecule has 250 valence electrons. The minimum atomic E-state index is -0.387. The Kier molecular flexibility index (Phi) is 6.29. The maximum absolute atomic E-state index is 2.45. The van der Waals surface area contributed by atoms with Gasteiger partial charge in [-0.25, -0.2) is 0 Å². The summed E-state index contributed by atoms with van der Waals surface area (Å²) >= 11 is 0. The molecule has 53 heavy (non-hydrogen) atoms. The summed E-state index contributed by atoms with van der Waals surface area (Å²) in [7, 11) is 0. The van der Waals surface area contributed by atoms with Gasteiger partial charge in [-0.2, -0.15) is 0 Å². The fourth-order valence-corrected chi connectivity index (χ4v) is 10.0. The smallest absolute Gasteiger partial charge is 0.0726 e. The van der Waals surface area contributed by atoms with Crippen molar-refractivity contribution in [3.63, 3.8) is 0 Å². The van der Waals surface area contributed by atoms with E-state index in [0.29, 0.717) is 0 Å². The lowest BCUT2D eigenvalue weighted by Crippen LogP contribution is -2.26. The topological polar surface area (TPSA) is 3.24 Å². The van der Waals surface area contributed by atoms with Crippen LogP contribution in [0.2, 0.25) is 0 Å². The van der Waals surface area contributed by atoms with Crippen molar-refractivity contribution in [3.8, 4) is 44.5 Å². The highest BCUT2D eigenvalue weighted by atomic mass is 15.1. The van der Waals surface area contributed by atoms with Gasteiger partial charge in [-0.05, 0) is 109 Å². The second-order valence-corrected chi connectivity index (χ2v) is 15.2. The Bertz CT molecular complexity index is 2710. The van der Waals surface area contributed by atoms with Crippen molar-refractivity contribution in [2.45, 2.75) is 24.7 Å². The van der Waals surface area contributed by atoms with Gasteiger partial charge >= 0.3 is 0 Å². The zero-order chi connectivity index (χ0) is 35.3. The second kappa shape index (κ2) is 11.0. The van der Waals surface area contributed by atoms with Crippen LogP contribution in [-0.2, 0) is 10.8 Å². The lowest BCUT2D eigenvalue weighted by molar-refractivity contribution is 0.660. The molecule has 0 saturated heterocycles. The average Bonchev–Trinajstić information content (AvgIpc) is 3.78. The zero-order valence-corrected chi connectivity index (χ0v) is 29.8. The van der Waals surface area contributed by atoms with Gasteiger partial charge < -0.3 is 4.90 Å². The molecule has 11 rings (SSSR count). The molecule has 0 N–H and O–H groups in total.